The smallest absolute Gasteiger partial charge is 0.0945 e. The molecule has 0 fully saturated rings. The predicted octanol–water partition coefficient (Wildman–Crippen LogP) is 4.89. The molecule has 23 heavy (non-hydrogen) atoms. The van der Waals surface area contributed by atoms with Crippen LogP contribution in [0.3, 0.4) is 0 Å². The third-order valence-electron chi connectivity index (χ3n) is 3.99. The molecular formula is C21H19NO. The average Bonchev–Trinajstić information content (AvgIpc) is 2.64. The van der Waals surface area contributed by atoms with Crippen LogP contribution in [0.2, 0.25) is 0 Å². The molecule has 0 aliphatic heterocycles. The molecule has 1 N–H and O–H groups in total. The monoisotopic (exact) mass is 301 g/mol. The summed E-state index contributed by atoms with van der Waals surface area (Å²) in [6, 6.07) is 30.4. The Morgan fingerprint density at radius 1 is 0.739 bits per heavy atom. The molecule has 114 valence electrons. The van der Waals surface area contributed by atoms with Gasteiger partial charge in [0.1, 0.15) is 0 Å². The SMILES string of the molecule is O/N=C(/c1ccccc1)C(Cc1ccccc1)c1ccccc1. The molecule has 3 aromatic rings. The zero-order chi connectivity index (χ0) is 15.9. The summed E-state index contributed by atoms with van der Waals surface area (Å²) in [4.78, 5) is 0. The fourth-order valence-corrected chi connectivity index (χ4v) is 2.85. The van der Waals surface area contributed by atoms with Crippen LogP contribution in [0.4, 0.5) is 0 Å². The van der Waals surface area contributed by atoms with Gasteiger partial charge in [-0.1, -0.05) is 96.2 Å². The van der Waals surface area contributed by atoms with E-state index in [2.05, 4.69) is 29.4 Å². The standard InChI is InChI=1S/C21H19NO/c23-22-21(19-14-8-3-9-15-19)20(18-12-6-2-7-13-18)16-17-10-4-1-5-11-17/h1-15,20,23H,16H2/b22-21-. The maximum atomic E-state index is 9.68. The van der Waals surface area contributed by atoms with Gasteiger partial charge in [-0.3, -0.25) is 0 Å². The van der Waals surface area contributed by atoms with E-state index >= 15 is 0 Å². The number of hydrogen-bond donors (Lipinski definition) is 1. The van der Waals surface area contributed by atoms with Gasteiger partial charge in [-0.25, -0.2) is 0 Å². The Labute approximate surface area is 136 Å². The van der Waals surface area contributed by atoms with Crippen molar-refractivity contribution in [3.63, 3.8) is 0 Å². The summed E-state index contributed by atoms with van der Waals surface area (Å²) in [6.45, 7) is 0. The second kappa shape index (κ2) is 7.41. The van der Waals surface area contributed by atoms with E-state index < -0.39 is 0 Å². The van der Waals surface area contributed by atoms with E-state index in [4.69, 9.17) is 0 Å². The predicted molar refractivity (Wildman–Crippen MR) is 94.1 cm³/mol. The van der Waals surface area contributed by atoms with E-state index in [1.807, 2.05) is 66.7 Å². The van der Waals surface area contributed by atoms with E-state index in [-0.39, 0.29) is 5.92 Å². The molecule has 0 radical (unpaired) electrons. The van der Waals surface area contributed by atoms with Crippen molar-refractivity contribution in [1.29, 1.82) is 0 Å². The summed E-state index contributed by atoms with van der Waals surface area (Å²) >= 11 is 0. The lowest BCUT2D eigenvalue weighted by molar-refractivity contribution is 0.317. The molecule has 0 amide bonds. The summed E-state index contributed by atoms with van der Waals surface area (Å²) in [6.07, 6.45) is 0.791. The Morgan fingerprint density at radius 3 is 1.83 bits per heavy atom. The van der Waals surface area contributed by atoms with Gasteiger partial charge in [0.2, 0.25) is 0 Å². The zero-order valence-corrected chi connectivity index (χ0v) is 12.8. The number of nitrogens with zero attached hydrogens (tertiary/aromatic N) is 1. The van der Waals surface area contributed by atoms with E-state index in [9.17, 15) is 5.21 Å². The molecule has 0 bridgehead atoms. The van der Waals surface area contributed by atoms with Gasteiger partial charge in [0.25, 0.3) is 0 Å². The molecule has 3 aromatic carbocycles. The van der Waals surface area contributed by atoms with Crippen LogP contribution in [0.25, 0.3) is 0 Å². The highest BCUT2D eigenvalue weighted by Crippen LogP contribution is 2.26. The van der Waals surface area contributed by atoms with Crippen LogP contribution in [0, 0.1) is 0 Å². The molecule has 0 aromatic heterocycles. The van der Waals surface area contributed by atoms with Crippen LogP contribution < -0.4 is 0 Å². The summed E-state index contributed by atoms with van der Waals surface area (Å²) in [5, 5.41) is 13.3. The van der Waals surface area contributed by atoms with Gasteiger partial charge >= 0.3 is 0 Å². The minimum atomic E-state index is 0.00556. The lowest BCUT2D eigenvalue weighted by atomic mass is 9.85. The van der Waals surface area contributed by atoms with E-state index in [1.54, 1.807) is 0 Å². The quantitative estimate of drug-likeness (QED) is 0.406. The van der Waals surface area contributed by atoms with Crippen LogP contribution in [0.15, 0.2) is 96.2 Å². The summed E-state index contributed by atoms with van der Waals surface area (Å²) in [5.74, 6) is 0.00556. The number of hydrogen-bond acceptors (Lipinski definition) is 2. The molecule has 1 unspecified atom stereocenters. The number of rotatable bonds is 5. The third kappa shape index (κ3) is 3.67. The van der Waals surface area contributed by atoms with E-state index in [0.29, 0.717) is 5.71 Å². The lowest BCUT2D eigenvalue weighted by Crippen LogP contribution is -2.17. The molecule has 0 heterocycles. The average molecular weight is 301 g/mol. The third-order valence-corrected chi connectivity index (χ3v) is 3.99. The molecule has 2 heteroatoms. The zero-order valence-electron chi connectivity index (χ0n) is 12.8. The molecule has 0 saturated heterocycles. The first-order chi connectivity index (χ1) is 11.4. The summed E-state index contributed by atoms with van der Waals surface area (Å²) < 4.78 is 0. The normalized spacial score (nSPS) is 12.8. The summed E-state index contributed by atoms with van der Waals surface area (Å²) in [7, 11) is 0. The van der Waals surface area contributed by atoms with Gasteiger partial charge in [-0.2, -0.15) is 0 Å². The fourth-order valence-electron chi connectivity index (χ4n) is 2.85. The minimum absolute atomic E-state index is 0.00556. The van der Waals surface area contributed by atoms with Gasteiger partial charge in [-0.05, 0) is 23.1 Å². The maximum absolute atomic E-state index is 9.68. The van der Waals surface area contributed by atoms with Crippen molar-refractivity contribution in [2.45, 2.75) is 12.3 Å². The van der Waals surface area contributed by atoms with Gasteiger partial charge in [-0.15, -0.1) is 0 Å². The first-order valence-electron chi connectivity index (χ1n) is 7.74. The van der Waals surface area contributed by atoms with Gasteiger partial charge in [0.15, 0.2) is 0 Å². The Balaban J connectivity index is 2.01. The van der Waals surface area contributed by atoms with Crippen molar-refractivity contribution in [2.24, 2.45) is 5.16 Å². The topological polar surface area (TPSA) is 32.6 Å². The molecule has 0 aliphatic carbocycles. The highest BCUT2D eigenvalue weighted by Gasteiger charge is 2.21. The van der Waals surface area contributed by atoms with Crippen molar-refractivity contribution < 1.29 is 5.21 Å². The Kier molecular flexibility index (Phi) is 4.85. The van der Waals surface area contributed by atoms with Crippen molar-refractivity contribution in [1.82, 2.24) is 0 Å². The van der Waals surface area contributed by atoms with E-state index in [1.165, 1.54) is 5.56 Å². The van der Waals surface area contributed by atoms with Crippen LogP contribution in [0.1, 0.15) is 22.6 Å². The highest BCUT2D eigenvalue weighted by molar-refractivity contribution is 6.05. The van der Waals surface area contributed by atoms with Crippen LogP contribution >= 0.6 is 0 Å². The largest absolute Gasteiger partial charge is 0.411 e. The number of oxime groups is 1. The molecular weight excluding hydrogens is 282 g/mol. The van der Waals surface area contributed by atoms with Gasteiger partial charge in [0.05, 0.1) is 5.71 Å². The molecule has 0 aliphatic rings. The van der Waals surface area contributed by atoms with Crippen molar-refractivity contribution in [3.05, 3.63) is 108 Å². The van der Waals surface area contributed by atoms with Crippen LogP contribution in [-0.2, 0) is 6.42 Å². The summed E-state index contributed by atoms with van der Waals surface area (Å²) in [5.41, 5.74) is 4.01. The molecule has 3 rings (SSSR count). The lowest BCUT2D eigenvalue weighted by Gasteiger charge is -2.19. The fraction of sp³-hybridized carbons (Fsp3) is 0.0952. The van der Waals surface area contributed by atoms with Crippen LogP contribution in [-0.4, -0.2) is 10.9 Å². The van der Waals surface area contributed by atoms with Crippen LogP contribution in [0.5, 0.6) is 0 Å². The first-order valence-corrected chi connectivity index (χ1v) is 7.74. The van der Waals surface area contributed by atoms with Gasteiger partial charge in [0, 0.05) is 5.92 Å². The Morgan fingerprint density at radius 2 is 1.26 bits per heavy atom. The van der Waals surface area contributed by atoms with Crippen molar-refractivity contribution in [2.75, 3.05) is 0 Å². The molecule has 2 nitrogen and oxygen atoms in total. The van der Waals surface area contributed by atoms with Gasteiger partial charge < -0.3 is 5.21 Å². The van der Waals surface area contributed by atoms with E-state index in [0.717, 1.165) is 17.5 Å². The Bertz CT molecular complexity index is 752. The molecule has 0 saturated carbocycles. The maximum Gasteiger partial charge on any atom is 0.0945 e. The highest BCUT2D eigenvalue weighted by atomic mass is 16.4. The first kappa shape index (κ1) is 15.0. The molecule has 1 atom stereocenters. The number of benzene rings is 3. The second-order valence-corrected chi connectivity index (χ2v) is 5.50. The second-order valence-electron chi connectivity index (χ2n) is 5.50. The Hall–Kier alpha value is -2.87. The molecule has 0 spiro atoms. The minimum Gasteiger partial charge on any atom is -0.411 e. The van der Waals surface area contributed by atoms with Crippen molar-refractivity contribution >= 4 is 5.71 Å². The van der Waals surface area contributed by atoms with Crippen molar-refractivity contribution in [3.8, 4) is 0 Å².